The average molecular weight is 396 g/mol. The molecule has 0 aliphatic rings. The van der Waals surface area contributed by atoms with Gasteiger partial charge in [0.25, 0.3) is 0 Å². The summed E-state index contributed by atoms with van der Waals surface area (Å²) in [5, 5.41) is 0. The zero-order valence-corrected chi connectivity index (χ0v) is 17.3. The minimum Gasteiger partial charge on any atom is -0.302 e. The van der Waals surface area contributed by atoms with Crippen LogP contribution in [0.15, 0.2) is 34.9 Å². The van der Waals surface area contributed by atoms with Crippen molar-refractivity contribution < 1.29 is 32.6 Å². The Bertz CT molecular complexity index is 598. The fourth-order valence-corrected chi connectivity index (χ4v) is 3.40. The molecule has 0 saturated carbocycles. The van der Waals surface area contributed by atoms with Gasteiger partial charge in [-0.05, 0) is 52.9 Å². The maximum absolute atomic E-state index is 11.3. The summed E-state index contributed by atoms with van der Waals surface area (Å²) >= 11 is 0. The molecule has 9 heteroatoms. The normalized spacial score (nSPS) is 17.1. The number of phosphoric ester groups is 1. The highest BCUT2D eigenvalue weighted by Crippen LogP contribution is 2.57. The van der Waals surface area contributed by atoms with Crippen molar-refractivity contribution in [2.24, 2.45) is 5.92 Å². The predicted octanol–water partition coefficient (Wildman–Crippen LogP) is 4.88. The molecule has 0 aliphatic carbocycles. The Hall–Kier alpha value is -0.520. The zero-order valence-electron chi connectivity index (χ0n) is 15.5. The van der Waals surface area contributed by atoms with Gasteiger partial charge in [0.1, 0.15) is 0 Å². The standard InChI is InChI=1S/C16H30O7P2/c1-13(2)7-6-8-14(3)9-10-15(4)16(5)11-12-22-25(20,21)23-24(17,18)19/h7,9,11,15H,6,8,10,12H2,1-5H3,(H,20,21)(H2,17,18,19)/b14-9+,16-11+. The van der Waals surface area contributed by atoms with Crippen molar-refractivity contribution in [2.75, 3.05) is 6.61 Å². The van der Waals surface area contributed by atoms with Crippen molar-refractivity contribution in [3.05, 3.63) is 34.9 Å². The van der Waals surface area contributed by atoms with Gasteiger partial charge in [-0.2, -0.15) is 4.31 Å². The van der Waals surface area contributed by atoms with E-state index in [-0.39, 0.29) is 12.5 Å². The van der Waals surface area contributed by atoms with E-state index >= 15 is 0 Å². The van der Waals surface area contributed by atoms with E-state index in [1.165, 1.54) is 11.1 Å². The van der Waals surface area contributed by atoms with Crippen LogP contribution in [0, 0.1) is 5.92 Å². The summed E-state index contributed by atoms with van der Waals surface area (Å²) in [4.78, 5) is 26.2. The Labute approximate surface area is 150 Å². The first-order valence-electron chi connectivity index (χ1n) is 8.02. The number of hydrogen-bond acceptors (Lipinski definition) is 4. The van der Waals surface area contributed by atoms with E-state index in [9.17, 15) is 14.0 Å². The van der Waals surface area contributed by atoms with E-state index in [1.54, 1.807) is 6.08 Å². The van der Waals surface area contributed by atoms with Crippen LogP contribution in [0.2, 0.25) is 0 Å². The van der Waals surface area contributed by atoms with Crippen LogP contribution >= 0.6 is 15.6 Å². The smallest absolute Gasteiger partial charge is 0.302 e. The third-order valence-electron chi connectivity index (χ3n) is 3.54. The van der Waals surface area contributed by atoms with Crippen molar-refractivity contribution >= 4 is 15.6 Å². The number of hydrogen-bond donors (Lipinski definition) is 3. The maximum Gasteiger partial charge on any atom is 0.481 e. The van der Waals surface area contributed by atoms with Gasteiger partial charge in [0.05, 0.1) is 6.61 Å². The molecule has 2 unspecified atom stereocenters. The van der Waals surface area contributed by atoms with Crippen molar-refractivity contribution in [3.63, 3.8) is 0 Å². The molecule has 0 bridgehead atoms. The van der Waals surface area contributed by atoms with Crippen LogP contribution in [0.5, 0.6) is 0 Å². The molecule has 0 fully saturated rings. The molecule has 0 aromatic rings. The number of rotatable bonds is 11. The van der Waals surface area contributed by atoms with E-state index in [2.05, 4.69) is 41.8 Å². The highest BCUT2D eigenvalue weighted by atomic mass is 31.3. The zero-order chi connectivity index (χ0) is 19.7. The van der Waals surface area contributed by atoms with E-state index < -0.39 is 15.6 Å². The highest BCUT2D eigenvalue weighted by molar-refractivity contribution is 7.60. The molecule has 0 spiro atoms. The summed E-state index contributed by atoms with van der Waals surface area (Å²) in [5.41, 5.74) is 3.57. The van der Waals surface area contributed by atoms with Crippen LogP contribution in [0.25, 0.3) is 0 Å². The Balaban J connectivity index is 4.42. The van der Waals surface area contributed by atoms with E-state index in [0.29, 0.717) is 0 Å². The molecule has 0 heterocycles. The summed E-state index contributed by atoms with van der Waals surface area (Å²) in [6.07, 6.45) is 8.84. The molecule has 0 rings (SSSR count). The van der Waals surface area contributed by atoms with E-state index in [4.69, 9.17) is 9.79 Å². The highest BCUT2D eigenvalue weighted by Gasteiger charge is 2.31. The Kier molecular flexibility index (Phi) is 11.0. The van der Waals surface area contributed by atoms with Gasteiger partial charge >= 0.3 is 15.6 Å². The Morgan fingerprint density at radius 2 is 1.64 bits per heavy atom. The van der Waals surface area contributed by atoms with Gasteiger partial charge in [0, 0.05) is 0 Å². The SMILES string of the molecule is CC(C)=CCC/C(C)=C/CC(C)/C(C)=C/COP(=O)(O)OP(=O)(O)O. The van der Waals surface area contributed by atoms with Gasteiger partial charge in [-0.15, -0.1) is 0 Å². The molecule has 2 atom stereocenters. The van der Waals surface area contributed by atoms with Crippen LogP contribution in [0.3, 0.4) is 0 Å². The summed E-state index contributed by atoms with van der Waals surface area (Å²) in [6.45, 7) is 9.87. The van der Waals surface area contributed by atoms with Crippen LogP contribution in [0.1, 0.15) is 53.9 Å². The summed E-state index contributed by atoms with van der Waals surface area (Å²) in [6, 6.07) is 0. The lowest BCUT2D eigenvalue weighted by Gasteiger charge is -2.13. The molecule has 0 aromatic heterocycles. The van der Waals surface area contributed by atoms with Gasteiger partial charge in [0.2, 0.25) is 0 Å². The third-order valence-corrected chi connectivity index (χ3v) is 5.69. The molecule has 25 heavy (non-hydrogen) atoms. The molecule has 0 aromatic carbocycles. The molecule has 146 valence electrons. The molecule has 0 amide bonds. The number of phosphoric acid groups is 2. The van der Waals surface area contributed by atoms with Crippen LogP contribution in [0.4, 0.5) is 0 Å². The van der Waals surface area contributed by atoms with Crippen molar-refractivity contribution in [3.8, 4) is 0 Å². The van der Waals surface area contributed by atoms with Crippen molar-refractivity contribution in [2.45, 2.75) is 53.9 Å². The molecule has 3 N–H and O–H groups in total. The lowest BCUT2D eigenvalue weighted by Crippen LogP contribution is -1.99. The van der Waals surface area contributed by atoms with Crippen LogP contribution in [-0.4, -0.2) is 21.3 Å². The first-order valence-corrected chi connectivity index (χ1v) is 11.0. The summed E-state index contributed by atoms with van der Waals surface area (Å²) in [5.74, 6) is 0.211. The topological polar surface area (TPSA) is 113 Å². The van der Waals surface area contributed by atoms with Gasteiger partial charge < -0.3 is 14.7 Å². The molecule has 7 nitrogen and oxygen atoms in total. The Morgan fingerprint density at radius 3 is 2.16 bits per heavy atom. The number of allylic oxidation sites excluding steroid dienone is 5. The molecule has 0 saturated heterocycles. The second kappa shape index (κ2) is 11.2. The molecular weight excluding hydrogens is 366 g/mol. The van der Waals surface area contributed by atoms with Crippen molar-refractivity contribution in [1.82, 2.24) is 0 Å². The second-order valence-electron chi connectivity index (χ2n) is 6.29. The molecular formula is C16H30O7P2. The van der Waals surface area contributed by atoms with Crippen LogP contribution in [-0.2, 0) is 18.0 Å². The largest absolute Gasteiger partial charge is 0.481 e. The van der Waals surface area contributed by atoms with Gasteiger partial charge in [0.15, 0.2) is 0 Å². The first-order chi connectivity index (χ1) is 11.3. The maximum atomic E-state index is 11.3. The summed E-state index contributed by atoms with van der Waals surface area (Å²) < 4.78 is 30.1. The average Bonchev–Trinajstić information content (AvgIpc) is 2.41. The molecule has 0 radical (unpaired) electrons. The minimum absolute atomic E-state index is 0.211. The monoisotopic (exact) mass is 396 g/mol. The second-order valence-corrected chi connectivity index (χ2v) is 9.12. The minimum atomic E-state index is -5.08. The van der Waals surface area contributed by atoms with E-state index in [0.717, 1.165) is 24.8 Å². The van der Waals surface area contributed by atoms with Gasteiger partial charge in [-0.1, -0.05) is 41.9 Å². The fraction of sp³-hybridized carbons (Fsp3) is 0.625. The quantitative estimate of drug-likeness (QED) is 0.337. The first kappa shape index (κ1) is 24.5. The third kappa shape index (κ3) is 14.3. The van der Waals surface area contributed by atoms with Crippen LogP contribution < -0.4 is 0 Å². The van der Waals surface area contributed by atoms with E-state index in [1.807, 2.05) is 13.8 Å². The molecule has 0 aliphatic heterocycles. The lowest BCUT2D eigenvalue weighted by atomic mass is 9.97. The lowest BCUT2D eigenvalue weighted by molar-refractivity contribution is 0.191. The van der Waals surface area contributed by atoms with Gasteiger partial charge in [-0.25, -0.2) is 9.13 Å². The summed E-state index contributed by atoms with van der Waals surface area (Å²) in [7, 11) is -9.86. The Morgan fingerprint density at radius 1 is 1.04 bits per heavy atom. The van der Waals surface area contributed by atoms with Gasteiger partial charge in [-0.3, -0.25) is 4.52 Å². The van der Waals surface area contributed by atoms with Crippen molar-refractivity contribution in [1.29, 1.82) is 0 Å². The predicted molar refractivity (Wildman–Crippen MR) is 98.9 cm³/mol. The fourth-order valence-electron chi connectivity index (χ4n) is 1.88.